The van der Waals surface area contributed by atoms with Gasteiger partial charge < -0.3 is 15.5 Å². The number of benzene rings is 2. The first-order valence-electron chi connectivity index (χ1n) is 9.83. The van der Waals surface area contributed by atoms with Crippen molar-refractivity contribution in [2.45, 2.75) is 13.5 Å². The van der Waals surface area contributed by atoms with Crippen molar-refractivity contribution in [3.8, 4) is 0 Å². The number of aryl methyl sites for hydroxylation is 1. The van der Waals surface area contributed by atoms with Crippen LogP contribution in [0.4, 0.5) is 21.6 Å². The van der Waals surface area contributed by atoms with Crippen LogP contribution in [-0.2, 0) is 6.54 Å². The highest BCUT2D eigenvalue weighted by Crippen LogP contribution is 2.19. The van der Waals surface area contributed by atoms with E-state index < -0.39 is 0 Å². The SMILES string of the molecule is Cc1cc2ncc(C(=O)Nc3ccc(N(C)C)cc3)n2nc1NCc1ccc(F)cc1. The Balaban J connectivity index is 1.54. The lowest BCUT2D eigenvalue weighted by Crippen LogP contribution is -2.16. The first-order valence-corrected chi connectivity index (χ1v) is 9.83. The Kier molecular flexibility index (Phi) is 5.53. The first kappa shape index (κ1) is 20.3. The first-order chi connectivity index (χ1) is 14.9. The minimum Gasteiger partial charge on any atom is -0.378 e. The minimum absolute atomic E-state index is 0.273. The smallest absolute Gasteiger partial charge is 0.276 e. The summed E-state index contributed by atoms with van der Waals surface area (Å²) >= 11 is 0. The molecule has 1 amide bonds. The average molecular weight is 418 g/mol. The molecule has 0 bridgehead atoms. The van der Waals surface area contributed by atoms with Crippen LogP contribution in [0.5, 0.6) is 0 Å². The summed E-state index contributed by atoms with van der Waals surface area (Å²) in [6.07, 6.45) is 1.51. The molecule has 2 heterocycles. The summed E-state index contributed by atoms with van der Waals surface area (Å²) in [4.78, 5) is 19.1. The lowest BCUT2D eigenvalue weighted by molar-refractivity contribution is 0.102. The van der Waals surface area contributed by atoms with Gasteiger partial charge in [-0.1, -0.05) is 12.1 Å². The van der Waals surface area contributed by atoms with E-state index in [0.717, 1.165) is 16.8 Å². The van der Waals surface area contributed by atoms with Gasteiger partial charge in [-0.15, -0.1) is 5.10 Å². The molecule has 4 aromatic rings. The number of fused-ring (bicyclic) bond motifs is 1. The van der Waals surface area contributed by atoms with Gasteiger partial charge in [0, 0.05) is 32.0 Å². The predicted octanol–water partition coefficient (Wildman–Crippen LogP) is 4.11. The van der Waals surface area contributed by atoms with Crippen molar-refractivity contribution in [1.29, 1.82) is 0 Å². The number of imidazole rings is 1. The summed E-state index contributed by atoms with van der Waals surface area (Å²) in [6.45, 7) is 2.40. The number of rotatable bonds is 6. The van der Waals surface area contributed by atoms with Crippen LogP contribution < -0.4 is 15.5 Å². The maximum absolute atomic E-state index is 13.1. The van der Waals surface area contributed by atoms with E-state index in [9.17, 15) is 9.18 Å². The second-order valence-electron chi connectivity index (χ2n) is 7.46. The molecule has 8 heteroatoms. The van der Waals surface area contributed by atoms with Gasteiger partial charge in [0.1, 0.15) is 11.6 Å². The van der Waals surface area contributed by atoms with Crippen molar-refractivity contribution < 1.29 is 9.18 Å². The van der Waals surface area contributed by atoms with Crippen molar-refractivity contribution in [1.82, 2.24) is 14.6 Å². The zero-order valence-electron chi connectivity index (χ0n) is 17.6. The summed E-state index contributed by atoms with van der Waals surface area (Å²) in [5.41, 5.74) is 4.46. The van der Waals surface area contributed by atoms with Crippen LogP contribution in [-0.4, -0.2) is 34.6 Å². The molecule has 0 saturated heterocycles. The summed E-state index contributed by atoms with van der Waals surface area (Å²) in [5.74, 6) is 0.0510. The number of anilines is 3. The number of halogens is 1. The molecule has 0 atom stereocenters. The van der Waals surface area contributed by atoms with Crippen molar-refractivity contribution >= 4 is 28.7 Å². The average Bonchev–Trinajstić information content (AvgIpc) is 3.16. The second kappa shape index (κ2) is 8.43. The van der Waals surface area contributed by atoms with E-state index in [0.29, 0.717) is 29.4 Å². The molecule has 2 aromatic carbocycles. The highest BCUT2D eigenvalue weighted by Gasteiger charge is 2.15. The molecule has 0 aliphatic rings. The Labute approximate surface area is 179 Å². The Hall–Kier alpha value is -3.94. The molecule has 0 aliphatic heterocycles. The van der Waals surface area contributed by atoms with Crippen LogP contribution in [0.15, 0.2) is 60.8 Å². The topological polar surface area (TPSA) is 74.6 Å². The van der Waals surface area contributed by atoms with Gasteiger partial charge in [0.2, 0.25) is 0 Å². The van der Waals surface area contributed by atoms with E-state index >= 15 is 0 Å². The zero-order chi connectivity index (χ0) is 22.0. The van der Waals surface area contributed by atoms with E-state index in [1.165, 1.54) is 22.8 Å². The van der Waals surface area contributed by atoms with Crippen LogP contribution in [0.1, 0.15) is 21.6 Å². The minimum atomic E-state index is -0.300. The van der Waals surface area contributed by atoms with Crippen LogP contribution >= 0.6 is 0 Å². The molecule has 0 unspecified atom stereocenters. The lowest BCUT2D eigenvalue weighted by Gasteiger charge is -2.13. The number of nitrogens with one attached hydrogen (secondary N) is 2. The maximum Gasteiger partial charge on any atom is 0.276 e. The normalized spacial score (nSPS) is 10.8. The molecule has 0 fully saturated rings. The number of amides is 1. The van der Waals surface area contributed by atoms with Gasteiger partial charge in [-0.3, -0.25) is 4.79 Å². The number of carbonyl (C=O) groups excluding carboxylic acids is 1. The standard InChI is InChI=1S/C23H23FN6O/c1-15-12-21-25-14-20(23(31)27-18-8-10-19(11-9-18)29(2)3)30(21)28-22(15)26-13-16-4-6-17(24)7-5-16/h4-12,14H,13H2,1-3H3,(H,26,28)(H,27,31). The molecule has 0 radical (unpaired) electrons. The highest BCUT2D eigenvalue weighted by molar-refractivity contribution is 6.03. The number of nitrogens with zero attached hydrogens (tertiary/aromatic N) is 4. The van der Waals surface area contributed by atoms with E-state index in [-0.39, 0.29) is 11.7 Å². The van der Waals surface area contributed by atoms with Gasteiger partial charge in [-0.05, 0) is 60.5 Å². The Morgan fingerprint density at radius 2 is 1.81 bits per heavy atom. The van der Waals surface area contributed by atoms with Gasteiger partial charge in [-0.25, -0.2) is 13.9 Å². The third kappa shape index (κ3) is 4.48. The van der Waals surface area contributed by atoms with Gasteiger partial charge in [0.15, 0.2) is 11.3 Å². The summed E-state index contributed by atoms with van der Waals surface area (Å²) in [6, 6.07) is 15.7. The molecule has 0 saturated carbocycles. The zero-order valence-corrected chi connectivity index (χ0v) is 17.6. The Morgan fingerprint density at radius 3 is 2.48 bits per heavy atom. The summed E-state index contributed by atoms with van der Waals surface area (Å²) in [5, 5.41) is 10.7. The van der Waals surface area contributed by atoms with Crippen LogP contribution in [0.3, 0.4) is 0 Å². The largest absolute Gasteiger partial charge is 0.378 e. The van der Waals surface area contributed by atoms with E-state index in [1.54, 1.807) is 12.1 Å². The number of aromatic nitrogens is 3. The third-order valence-corrected chi connectivity index (χ3v) is 4.93. The summed E-state index contributed by atoms with van der Waals surface area (Å²) < 4.78 is 14.6. The van der Waals surface area contributed by atoms with Crippen molar-refractivity contribution in [2.75, 3.05) is 29.6 Å². The van der Waals surface area contributed by atoms with E-state index in [1.807, 2.05) is 56.3 Å². The maximum atomic E-state index is 13.1. The Bertz CT molecular complexity index is 1220. The van der Waals surface area contributed by atoms with Gasteiger partial charge in [0.05, 0.1) is 6.20 Å². The molecule has 7 nitrogen and oxygen atoms in total. The molecular formula is C23H23FN6O. The van der Waals surface area contributed by atoms with E-state index in [2.05, 4.69) is 20.7 Å². The van der Waals surface area contributed by atoms with Gasteiger partial charge >= 0.3 is 0 Å². The fourth-order valence-corrected chi connectivity index (χ4v) is 3.16. The number of hydrogen-bond donors (Lipinski definition) is 2. The van der Waals surface area contributed by atoms with Crippen LogP contribution in [0, 0.1) is 12.7 Å². The highest BCUT2D eigenvalue weighted by atomic mass is 19.1. The van der Waals surface area contributed by atoms with Crippen LogP contribution in [0.25, 0.3) is 5.65 Å². The van der Waals surface area contributed by atoms with Crippen molar-refractivity contribution in [2.24, 2.45) is 0 Å². The second-order valence-corrected chi connectivity index (χ2v) is 7.46. The summed E-state index contributed by atoms with van der Waals surface area (Å²) in [7, 11) is 3.92. The molecule has 2 N–H and O–H groups in total. The van der Waals surface area contributed by atoms with Gasteiger partial charge in [-0.2, -0.15) is 0 Å². The quantitative estimate of drug-likeness (QED) is 0.493. The fourth-order valence-electron chi connectivity index (χ4n) is 3.16. The van der Waals surface area contributed by atoms with Gasteiger partial charge in [0.25, 0.3) is 5.91 Å². The molecule has 0 aliphatic carbocycles. The molecular weight excluding hydrogens is 395 g/mol. The number of hydrogen-bond acceptors (Lipinski definition) is 5. The molecule has 0 spiro atoms. The lowest BCUT2D eigenvalue weighted by atomic mass is 10.2. The van der Waals surface area contributed by atoms with Crippen molar-refractivity contribution in [3.63, 3.8) is 0 Å². The molecule has 4 rings (SSSR count). The molecule has 2 aromatic heterocycles. The molecule has 158 valence electrons. The fraction of sp³-hybridized carbons (Fsp3) is 0.174. The third-order valence-electron chi connectivity index (χ3n) is 4.93. The number of carbonyl (C=O) groups is 1. The van der Waals surface area contributed by atoms with Crippen molar-refractivity contribution in [3.05, 3.63) is 83.4 Å². The Morgan fingerprint density at radius 1 is 1.10 bits per heavy atom. The van der Waals surface area contributed by atoms with E-state index in [4.69, 9.17) is 0 Å². The molecule has 31 heavy (non-hydrogen) atoms. The predicted molar refractivity (Wildman–Crippen MR) is 120 cm³/mol. The van der Waals surface area contributed by atoms with Crippen LogP contribution in [0.2, 0.25) is 0 Å². The monoisotopic (exact) mass is 418 g/mol.